The molecule has 118 valence electrons. The number of benzene rings is 1. The number of amides is 2. The summed E-state index contributed by atoms with van der Waals surface area (Å²) in [6, 6.07) is 6.00. The molecule has 1 aromatic carbocycles. The Morgan fingerprint density at radius 3 is 2.57 bits per heavy atom. The number of hydrogen-bond donors (Lipinski definition) is 3. The molecule has 0 bridgehead atoms. The van der Waals surface area contributed by atoms with E-state index in [1.165, 1.54) is 12.1 Å². The maximum atomic E-state index is 12.9. The Hall–Kier alpha value is -1.66. The van der Waals surface area contributed by atoms with E-state index >= 15 is 0 Å². The second kappa shape index (κ2) is 10.1. The SMILES string of the molecule is CNC(C)CNC(=O)CNC(=O)Cc1cccc(F)c1.Cl. The van der Waals surface area contributed by atoms with Crippen molar-refractivity contribution in [2.45, 2.75) is 19.4 Å². The Kier molecular flexibility index (Phi) is 9.32. The zero-order valence-corrected chi connectivity index (χ0v) is 12.9. The summed E-state index contributed by atoms with van der Waals surface area (Å²) in [5.41, 5.74) is 0.576. The molecule has 0 aliphatic rings. The maximum Gasteiger partial charge on any atom is 0.239 e. The van der Waals surface area contributed by atoms with Gasteiger partial charge in [0, 0.05) is 12.6 Å². The van der Waals surface area contributed by atoms with E-state index in [4.69, 9.17) is 0 Å². The van der Waals surface area contributed by atoms with Gasteiger partial charge in [0.25, 0.3) is 0 Å². The van der Waals surface area contributed by atoms with Crippen LogP contribution in [-0.2, 0) is 16.0 Å². The van der Waals surface area contributed by atoms with Gasteiger partial charge < -0.3 is 16.0 Å². The van der Waals surface area contributed by atoms with Gasteiger partial charge in [-0.2, -0.15) is 0 Å². The molecule has 0 heterocycles. The molecule has 0 fully saturated rings. The zero-order valence-electron chi connectivity index (χ0n) is 12.1. The molecule has 0 aromatic heterocycles. The van der Waals surface area contributed by atoms with Crippen LogP contribution >= 0.6 is 12.4 Å². The standard InChI is InChI=1S/C14H20FN3O2.ClH/c1-10(16-2)8-17-14(20)9-18-13(19)7-11-4-3-5-12(15)6-11;/h3-6,10,16H,7-9H2,1-2H3,(H,17,20)(H,18,19);1H. The van der Waals surface area contributed by atoms with Crippen LogP contribution in [0.15, 0.2) is 24.3 Å². The third kappa shape index (κ3) is 8.27. The van der Waals surface area contributed by atoms with Crippen LogP contribution in [0.1, 0.15) is 12.5 Å². The molecule has 0 aliphatic heterocycles. The Bertz CT molecular complexity index is 471. The molecule has 7 heteroatoms. The first-order valence-electron chi connectivity index (χ1n) is 6.46. The lowest BCUT2D eigenvalue weighted by molar-refractivity contribution is -0.125. The number of carbonyl (C=O) groups excluding carboxylic acids is 2. The van der Waals surface area contributed by atoms with Gasteiger partial charge in [0.15, 0.2) is 0 Å². The van der Waals surface area contributed by atoms with Crippen molar-refractivity contribution in [1.29, 1.82) is 0 Å². The van der Waals surface area contributed by atoms with Crippen LogP contribution in [0.4, 0.5) is 4.39 Å². The fourth-order valence-corrected chi connectivity index (χ4v) is 1.51. The number of likely N-dealkylation sites (N-methyl/N-ethyl adjacent to an activating group) is 1. The number of nitrogens with one attached hydrogen (secondary N) is 3. The van der Waals surface area contributed by atoms with E-state index in [0.29, 0.717) is 12.1 Å². The molecule has 21 heavy (non-hydrogen) atoms. The van der Waals surface area contributed by atoms with Crippen molar-refractivity contribution in [1.82, 2.24) is 16.0 Å². The summed E-state index contributed by atoms with van der Waals surface area (Å²) in [4.78, 5) is 23.1. The second-order valence-corrected chi connectivity index (χ2v) is 4.58. The van der Waals surface area contributed by atoms with Crippen LogP contribution in [0.5, 0.6) is 0 Å². The smallest absolute Gasteiger partial charge is 0.239 e. The third-order valence-electron chi connectivity index (χ3n) is 2.80. The molecule has 2 amide bonds. The summed E-state index contributed by atoms with van der Waals surface area (Å²) in [7, 11) is 1.80. The number of carbonyl (C=O) groups is 2. The average molecular weight is 318 g/mol. The maximum absolute atomic E-state index is 12.9. The molecular weight excluding hydrogens is 297 g/mol. The Morgan fingerprint density at radius 1 is 1.24 bits per heavy atom. The van der Waals surface area contributed by atoms with E-state index < -0.39 is 0 Å². The van der Waals surface area contributed by atoms with Crippen molar-refractivity contribution in [3.8, 4) is 0 Å². The van der Waals surface area contributed by atoms with Gasteiger partial charge >= 0.3 is 0 Å². The van der Waals surface area contributed by atoms with Crippen LogP contribution < -0.4 is 16.0 Å². The van der Waals surface area contributed by atoms with Gasteiger partial charge in [0.1, 0.15) is 5.82 Å². The lowest BCUT2D eigenvalue weighted by atomic mass is 10.1. The first kappa shape index (κ1) is 19.3. The van der Waals surface area contributed by atoms with Crippen LogP contribution in [0.25, 0.3) is 0 Å². The van der Waals surface area contributed by atoms with Crippen molar-refractivity contribution in [2.24, 2.45) is 0 Å². The summed E-state index contributed by atoms with van der Waals surface area (Å²) in [5.74, 6) is -0.943. The van der Waals surface area contributed by atoms with Gasteiger partial charge in [-0.1, -0.05) is 12.1 Å². The highest BCUT2D eigenvalue weighted by molar-refractivity contribution is 5.86. The third-order valence-corrected chi connectivity index (χ3v) is 2.80. The van der Waals surface area contributed by atoms with Crippen LogP contribution in [0.3, 0.4) is 0 Å². The lowest BCUT2D eigenvalue weighted by Crippen LogP contribution is -2.42. The molecule has 1 aromatic rings. The summed E-state index contributed by atoms with van der Waals surface area (Å²) < 4.78 is 12.9. The molecule has 1 atom stereocenters. The molecule has 1 unspecified atom stereocenters. The van der Waals surface area contributed by atoms with E-state index in [2.05, 4.69) is 16.0 Å². The van der Waals surface area contributed by atoms with Gasteiger partial charge in [0.05, 0.1) is 13.0 Å². The molecule has 0 saturated heterocycles. The van der Waals surface area contributed by atoms with Crippen LogP contribution in [0, 0.1) is 5.82 Å². The summed E-state index contributed by atoms with van der Waals surface area (Å²) >= 11 is 0. The number of hydrogen-bond acceptors (Lipinski definition) is 3. The van der Waals surface area contributed by atoms with Crippen molar-refractivity contribution < 1.29 is 14.0 Å². The molecule has 0 radical (unpaired) electrons. The fourth-order valence-electron chi connectivity index (χ4n) is 1.51. The van der Waals surface area contributed by atoms with Crippen molar-refractivity contribution >= 4 is 24.2 Å². The highest BCUT2D eigenvalue weighted by Crippen LogP contribution is 2.03. The minimum atomic E-state index is -0.380. The Labute approximate surface area is 130 Å². The predicted octanol–water partition coefficient (Wildman–Crippen LogP) is 0.630. The molecular formula is C14H21ClFN3O2. The van der Waals surface area contributed by atoms with Crippen molar-refractivity contribution in [2.75, 3.05) is 20.1 Å². The van der Waals surface area contributed by atoms with Crippen molar-refractivity contribution in [3.05, 3.63) is 35.6 Å². The second-order valence-electron chi connectivity index (χ2n) is 4.58. The largest absolute Gasteiger partial charge is 0.353 e. The average Bonchev–Trinajstić information content (AvgIpc) is 2.42. The van der Waals surface area contributed by atoms with Crippen LogP contribution in [0.2, 0.25) is 0 Å². The van der Waals surface area contributed by atoms with E-state index in [9.17, 15) is 14.0 Å². The first-order valence-corrected chi connectivity index (χ1v) is 6.46. The molecule has 1 rings (SSSR count). The summed E-state index contributed by atoms with van der Waals surface area (Å²) in [6.45, 7) is 2.35. The normalized spacial score (nSPS) is 11.2. The van der Waals surface area contributed by atoms with Gasteiger partial charge in [-0.05, 0) is 31.7 Å². The van der Waals surface area contributed by atoms with Gasteiger partial charge in [-0.25, -0.2) is 4.39 Å². The van der Waals surface area contributed by atoms with E-state index in [0.717, 1.165) is 0 Å². The Balaban J connectivity index is 0.00000400. The van der Waals surface area contributed by atoms with Gasteiger partial charge in [-0.15, -0.1) is 12.4 Å². The van der Waals surface area contributed by atoms with E-state index in [-0.39, 0.29) is 49.0 Å². The number of halogens is 2. The summed E-state index contributed by atoms with van der Waals surface area (Å²) in [6.07, 6.45) is 0.0535. The highest BCUT2D eigenvalue weighted by atomic mass is 35.5. The first-order chi connectivity index (χ1) is 9.51. The van der Waals surface area contributed by atoms with Crippen molar-refractivity contribution in [3.63, 3.8) is 0 Å². The zero-order chi connectivity index (χ0) is 15.0. The van der Waals surface area contributed by atoms with Gasteiger partial charge in [-0.3, -0.25) is 9.59 Å². The Morgan fingerprint density at radius 2 is 1.95 bits per heavy atom. The molecule has 0 spiro atoms. The minimum absolute atomic E-state index is 0. The lowest BCUT2D eigenvalue weighted by Gasteiger charge is -2.11. The topological polar surface area (TPSA) is 70.2 Å². The van der Waals surface area contributed by atoms with E-state index in [1.807, 2.05) is 6.92 Å². The monoisotopic (exact) mass is 317 g/mol. The fraction of sp³-hybridized carbons (Fsp3) is 0.429. The summed E-state index contributed by atoms with van der Waals surface area (Å²) in [5, 5.41) is 8.17. The molecule has 0 aliphatic carbocycles. The molecule has 3 N–H and O–H groups in total. The minimum Gasteiger partial charge on any atom is -0.353 e. The van der Waals surface area contributed by atoms with Gasteiger partial charge in [0.2, 0.25) is 11.8 Å². The predicted molar refractivity (Wildman–Crippen MR) is 81.9 cm³/mol. The number of rotatable bonds is 7. The molecule has 5 nitrogen and oxygen atoms in total. The highest BCUT2D eigenvalue weighted by Gasteiger charge is 2.07. The molecule has 0 saturated carbocycles. The van der Waals surface area contributed by atoms with E-state index in [1.54, 1.807) is 19.2 Å². The quantitative estimate of drug-likeness (QED) is 0.691. The van der Waals surface area contributed by atoms with Crippen LogP contribution in [-0.4, -0.2) is 38.0 Å².